The molecule has 0 saturated carbocycles. The van der Waals surface area contributed by atoms with Crippen LogP contribution >= 0.6 is 0 Å². The zero-order chi connectivity index (χ0) is 20.1. The predicted molar refractivity (Wildman–Crippen MR) is 107 cm³/mol. The molecule has 1 aliphatic carbocycles. The Labute approximate surface area is 167 Å². The third-order valence-corrected chi connectivity index (χ3v) is 5.85. The van der Waals surface area contributed by atoms with Crippen LogP contribution in [0.15, 0.2) is 48.7 Å². The zero-order valence-electron chi connectivity index (χ0n) is 16.1. The van der Waals surface area contributed by atoms with Crippen molar-refractivity contribution >= 4 is 23.1 Å². The largest absolute Gasteiger partial charge is 0.459 e. The van der Waals surface area contributed by atoms with Crippen LogP contribution in [0.3, 0.4) is 0 Å². The van der Waals surface area contributed by atoms with Crippen LogP contribution < -0.4 is 0 Å². The smallest absolute Gasteiger partial charge is 0.341 e. The second kappa shape index (κ2) is 6.67. The highest BCUT2D eigenvalue weighted by molar-refractivity contribution is 6.31. The van der Waals surface area contributed by atoms with Crippen molar-refractivity contribution in [3.63, 3.8) is 0 Å². The number of carbonyl (C=O) groups is 3. The highest BCUT2D eigenvalue weighted by Crippen LogP contribution is 2.34. The van der Waals surface area contributed by atoms with Crippen LogP contribution in [-0.2, 0) is 4.74 Å². The zero-order valence-corrected chi connectivity index (χ0v) is 16.1. The predicted octanol–water partition coefficient (Wildman–Crippen LogP) is 2.97. The molecule has 6 heteroatoms. The second-order valence-electron chi connectivity index (χ2n) is 7.67. The van der Waals surface area contributed by atoms with E-state index >= 15 is 0 Å². The van der Waals surface area contributed by atoms with E-state index in [0.717, 1.165) is 25.9 Å². The van der Waals surface area contributed by atoms with Crippen molar-refractivity contribution < 1.29 is 19.1 Å². The lowest BCUT2D eigenvalue weighted by Gasteiger charge is -2.28. The molecule has 3 aromatic rings. The van der Waals surface area contributed by atoms with Gasteiger partial charge in [0.05, 0.1) is 16.6 Å². The van der Waals surface area contributed by atoms with E-state index in [0.29, 0.717) is 16.6 Å². The quantitative estimate of drug-likeness (QED) is 0.494. The molecule has 1 saturated heterocycles. The van der Waals surface area contributed by atoms with Gasteiger partial charge in [0.15, 0.2) is 5.78 Å². The van der Waals surface area contributed by atoms with Gasteiger partial charge in [-0.2, -0.15) is 0 Å². The number of rotatable bonds is 2. The Balaban J connectivity index is 1.64. The van der Waals surface area contributed by atoms with Gasteiger partial charge in [0.2, 0.25) is 5.78 Å². The van der Waals surface area contributed by atoms with Crippen molar-refractivity contribution in [2.24, 2.45) is 0 Å². The van der Waals surface area contributed by atoms with Gasteiger partial charge in [0.1, 0.15) is 11.8 Å². The van der Waals surface area contributed by atoms with E-state index in [-0.39, 0.29) is 34.5 Å². The topological polar surface area (TPSA) is 68.1 Å². The molecule has 3 heterocycles. The van der Waals surface area contributed by atoms with Crippen molar-refractivity contribution in [1.82, 2.24) is 9.30 Å². The number of fused-ring (bicyclic) bond motifs is 4. The highest BCUT2D eigenvalue weighted by atomic mass is 16.5. The molecular formula is C23H20N2O4. The van der Waals surface area contributed by atoms with Gasteiger partial charge in [-0.1, -0.05) is 30.3 Å². The lowest BCUT2D eigenvalue weighted by molar-refractivity contribution is 0.0140. The Morgan fingerprint density at radius 1 is 0.966 bits per heavy atom. The maximum absolute atomic E-state index is 13.3. The van der Waals surface area contributed by atoms with Crippen molar-refractivity contribution in [3.8, 4) is 0 Å². The summed E-state index contributed by atoms with van der Waals surface area (Å²) in [5.74, 6) is -1.10. The Hall–Kier alpha value is -3.25. The van der Waals surface area contributed by atoms with E-state index in [1.807, 2.05) is 7.05 Å². The third-order valence-electron chi connectivity index (χ3n) is 5.85. The Morgan fingerprint density at radius 2 is 1.62 bits per heavy atom. The molecule has 6 nitrogen and oxygen atoms in total. The lowest BCUT2D eigenvalue weighted by Crippen LogP contribution is -2.35. The van der Waals surface area contributed by atoms with Gasteiger partial charge in [-0.25, -0.2) is 4.79 Å². The van der Waals surface area contributed by atoms with Gasteiger partial charge in [0.25, 0.3) is 0 Å². The van der Waals surface area contributed by atoms with E-state index in [2.05, 4.69) is 4.90 Å². The molecule has 1 aliphatic heterocycles. The number of hydrogen-bond acceptors (Lipinski definition) is 5. The van der Waals surface area contributed by atoms with Crippen molar-refractivity contribution in [1.29, 1.82) is 0 Å². The lowest BCUT2D eigenvalue weighted by atomic mass is 9.86. The molecular weight excluding hydrogens is 368 g/mol. The first kappa shape index (κ1) is 17.8. The fourth-order valence-electron chi connectivity index (χ4n) is 4.31. The summed E-state index contributed by atoms with van der Waals surface area (Å²) < 4.78 is 7.42. The van der Waals surface area contributed by atoms with Crippen molar-refractivity contribution in [2.75, 3.05) is 20.1 Å². The van der Waals surface area contributed by atoms with Crippen molar-refractivity contribution in [2.45, 2.75) is 18.9 Å². The number of piperidine rings is 1. The second-order valence-corrected chi connectivity index (χ2v) is 7.67. The molecule has 1 aromatic carbocycles. The van der Waals surface area contributed by atoms with E-state index in [1.165, 1.54) is 0 Å². The molecule has 5 rings (SSSR count). The minimum atomic E-state index is -0.537. The molecule has 0 spiro atoms. The molecule has 0 atom stereocenters. The average molecular weight is 388 g/mol. The number of pyridine rings is 1. The third kappa shape index (κ3) is 2.71. The number of hydrogen-bond donors (Lipinski definition) is 0. The van der Waals surface area contributed by atoms with E-state index < -0.39 is 5.97 Å². The fourth-order valence-corrected chi connectivity index (χ4v) is 4.31. The average Bonchev–Trinajstić information content (AvgIpc) is 3.09. The summed E-state index contributed by atoms with van der Waals surface area (Å²) in [6, 6.07) is 12.0. The summed E-state index contributed by atoms with van der Waals surface area (Å²) in [6.07, 6.45) is 3.03. The SMILES string of the molecule is CN1CCC(OC(=O)c2c3c(n4ccccc24)C(=O)c2ccccc2C3=O)CC1. The fraction of sp³-hybridized carbons (Fsp3) is 0.261. The summed E-state index contributed by atoms with van der Waals surface area (Å²) in [5, 5.41) is 0. The van der Waals surface area contributed by atoms with Gasteiger partial charge >= 0.3 is 5.97 Å². The molecule has 1 fully saturated rings. The van der Waals surface area contributed by atoms with Gasteiger partial charge in [-0.15, -0.1) is 0 Å². The molecule has 29 heavy (non-hydrogen) atoms. The number of ketones is 2. The molecule has 0 unspecified atom stereocenters. The van der Waals surface area contributed by atoms with Gasteiger partial charge in [-0.3, -0.25) is 9.59 Å². The van der Waals surface area contributed by atoms with Crippen molar-refractivity contribution in [3.05, 3.63) is 76.6 Å². The van der Waals surface area contributed by atoms with Gasteiger partial charge in [-0.05, 0) is 32.0 Å². The number of aromatic nitrogens is 1. The van der Waals surface area contributed by atoms with E-state index in [9.17, 15) is 14.4 Å². The minimum absolute atomic E-state index is 0.151. The summed E-state index contributed by atoms with van der Waals surface area (Å²) in [5.41, 5.74) is 1.78. The first-order chi connectivity index (χ1) is 14.1. The van der Waals surface area contributed by atoms with Gasteiger partial charge < -0.3 is 14.0 Å². The normalized spacial score (nSPS) is 17.3. The first-order valence-electron chi connectivity index (χ1n) is 9.77. The van der Waals surface area contributed by atoms with E-state index in [1.54, 1.807) is 53.1 Å². The van der Waals surface area contributed by atoms with E-state index in [4.69, 9.17) is 4.74 Å². The van der Waals surface area contributed by atoms with Crippen LogP contribution in [0.4, 0.5) is 0 Å². The number of benzene rings is 1. The summed E-state index contributed by atoms with van der Waals surface area (Å²) in [4.78, 5) is 41.9. The number of ether oxygens (including phenoxy) is 1. The molecule has 2 aromatic heterocycles. The Morgan fingerprint density at radius 3 is 2.34 bits per heavy atom. The maximum atomic E-state index is 13.3. The summed E-state index contributed by atoms with van der Waals surface area (Å²) in [7, 11) is 2.04. The Bertz CT molecular complexity index is 1170. The van der Waals surface area contributed by atoms with Crippen LogP contribution in [0.25, 0.3) is 5.52 Å². The van der Waals surface area contributed by atoms with Crippen LogP contribution in [0.1, 0.15) is 55.2 Å². The highest BCUT2D eigenvalue weighted by Gasteiger charge is 2.38. The summed E-state index contributed by atoms with van der Waals surface area (Å²) in [6.45, 7) is 1.72. The number of esters is 1. The van der Waals surface area contributed by atoms with Crippen LogP contribution in [0.2, 0.25) is 0 Å². The number of nitrogens with zero attached hydrogens (tertiary/aromatic N) is 2. The van der Waals surface area contributed by atoms with Crippen LogP contribution in [0.5, 0.6) is 0 Å². The molecule has 0 N–H and O–H groups in total. The van der Waals surface area contributed by atoms with Crippen LogP contribution in [0, 0.1) is 0 Å². The maximum Gasteiger partial charge on any atom is 0.341 e. The van der Waals surface area contributed by atoms with Gasteiger partial charge in [0, 0.05) is 30.4 Å². The standard InChI is InChI=1S/C23H20N2O4/c1-24-12-9-14(10-13-24)29-23(28)18-17-8-4-5-11-25(17)20-19(18)21(26)15-6-2-3-7-16(15)22(20)27/h2-8,11,14H,9-10,12-13H2,1H3. The minimum Gasteiger partial charge on any atom is -0.459 e. The number of likely N-dealkylation sites (tertiary alicyclic amines) is 1. The molecule has 2 aliphatic rings. The van der Waals surface area contributed by atoms with Crippen LogP contribution in [-0.4, -0.2) is 53.1 Å². The monoisotopic (exact) mass is 388 g/mol. The Kier molecular flexibility index (Phi) is 4.10. The molecule has 0 amide bonds. The first-order valence-corrected chi connectivity index (χ1v) is 9.77. The molecule has 0 radical (unpaired) electrons. The summed E-state index contributed by atoms with van der Waals surface area (Å²) >= 11 is 0. The molecule has 0 bridgehead atoms. The number of carbonyl (C=O) groups excluding carboxylic acids is 3. The molecule has 146 valence electrons.